The first-order valence-electron chi connectivity index (χ1n) is 15.0. The topological polar surface area (TPSA) is 175 Å². The Labute approximate surface area is 263 Å². The molecular weight excluding hydrogens is 582 g/mol. The summed E-state index contributed by atoms with van der Waals surface area (Å²) in [5, 5.41) is 20.3. The highest BCUT2D eigenvalue weighted by molar-refractivity contribution is 5.95. The third-order valence-corrected chi connectivity index (χ3v) is 7.50. The maximum absolute atomic E-state index is 13.6. The molecule has 2 aromatic carbocycles. The summed E-state index contributed by atoms with van der Waals surface area (Å²) in [6, 6.07) is 11.3. The highest BCUT2D eigenvalue weighted by Gasteiger charge is 2.31. The number of nitrogens with one attached hydrogen (secondary N) is 4. The zero-order chi connectivity index (χ0) is 32.8. The molecule has 13 nitrogen and oxygen atoms in total. The van der Waals surface area contributed by atoms with Crippen molar-refractivity contribution >= 4 is 35.5 Å². The van der Waals surface area contributed by atoms with Gasteiger partial charge in [0.25, 0.3) is 0 Å². The van der Waals surface area contributed by atoms with Crippen LogP contribution < -0.4 is 30.9 Å². The Bertz CT molecular complexity index is 1300. The molecule has 0 saturated carbocycles. The van der Waals surface area contributed by atoms with Crippen molar-refractivity contribution in [3.8, 4) is 5.75 Å². The van der Waals surface area contributed by atoms with Crippen molar-refractivity contribution in [3.05, 3.63) is 59.7 Å². The van der Waals surface area contributed by atoms with E-state index in [1.807, 2.05) is 25.1 Å². The van der Waals surface area contributed by atoms with Crippen molar-refractivity contribution in [2.24, 2.45) is 5.92 Å². The minimum absolute atomic E-state index is 0.0919. The number of aryl methyl sites for hydroxylation is 1. The average molecular weight is 626 g/mol. The number of aliphatic carboxylic acids is 1. The summed E-state index contributed by atoms with van der Waals surface area (Å²) in [5.74, 6) is -2.22. The highest BCUT2D eigenvalue weighted by Crippen LogP contribution is 2.20. The van der Waals surface area contributed by atoms with Crippen molar-refractivity contribution in [3.63, 3.8) is 0 Å². The molecule has 1 aliphatic heterocycles. The SMILES string of the molecule is COC(=O)N(CC(NC(=O)[C@H](CC(=O)O)NC(C)=O)C(=O)NCc1cc(OCCC2CCCNC2)ccc1C)c1ccccc1. The number of rotatable bonds is 15. The zero-order valence-electron chi connectivity index (χ0n) is 26.0. The summed E-state index contributed by atoms with van der Waals surface area (Å²) in [5.41, 5.74) is 2.11. The Balaban J connectivity index is 1.76. The maximum Gasteiger partial charge on any atom is 0.414 e. The minimum Gasteiger partial charge on any atom is -0.494 e. The van der Waals surface area contributed by atoms with Gasteiger partial charge in [-0.1, -0.05) is 24.3 Å². The lowest BCUT2D eigenvalue weighted by atomic mass is 9.97. The molecule has 0 spiro atoms. The number of hydrogen-bond acceptors (Lipinski definition) is 8. The fourth-order valence-electron chi connectivity index (χ4n) is 5.03. The van der Waals surface area contributed by atoms with Crippen molar-refractivity contribution in [1.29, 1.82) is 0 Å². The van der Waals surface area contributed by atoms with E-state index in [1.54, 1.807) is 30.3 Å². The van der Waals surface area contributed by atoms with Crippen molar-refractivity contribution in [1.82, 2.24) is 21.3 Å². The van der Waals surface area contributed by atoms with E-state index in [1.165, 1.54) is 18.4 Å². The fraction of sp³-hybridized carbons (Fsp3) is 0.469. The third-order valence-electron chi connectivity index (χ3n) is 7.50. The number of carbonyl (C=O) groups excluding carboxylic acids is 4. The molecule has 2 unspecified atom stereocenters. The third kappa shape index (κ3) is 11.4. The Morgan fingerprint density at radius 2 is 1.80 bits per heavy atom. The summed E-state index contributed by atoms with van der Waals surface area (Å²) in [4.78, 5) is 63.7. The van der Waals surface area contributed by atoms with Crippen molar-refractivity contribution in [2.45, 2.75) is 58.2 Å². The number of anilines is 1. The first-order valence-corrected chi connectivity index (χ1v) is 15.0. The van der Waals surface area contributed by atoms with Gasteiger partial charge in [-0.05, 0) is 80.6 Å². The summed E-state index contributed by atoms with van der Waals surface area (Å²) < 4.78 is 10.9. The molecule has 13 heteroatoms. The Kier molecular flexibility index (Phi) is 13.6. The molecule has 1 saturated heterocycles. The molecule has 0 radical (unpaired) electrons. The molecule has 0 aliphatic carbocycles. The van der Waals surface area contributed by atoms with Crippen LogP contribution in [0, 0.1) is 12.8 Å². The van der Waals surface area contributed by atoms with Crippen LogP contribution in [0.3, 0.4) is 0 Å². The Morgan fingerprint density at radius 1 is 1.04 bits per heavy atom. The molecule has 2 aromatic rings. The van der Waals surface area contributed by atoms with Crippen LogP contribution in [0.15, 0.2) is 48.5 Å². The van der Waals surface area contributed by atoms with E-state index >= 15 is 0 Å². The van der Waals surface area contributed by atoms with Crippen LogP contribution in [0.2, 0.25) is 0 Å². The van der Waals surface area contributed by atoms with Crippen molar-refractivity contribution < 1.29 is 38.6 Å². The monoisotopic (exact) mass is 625 g/mol. The van der Waals surface area contributed by atoms with E-state index in [2.05, 4.69) is 21.3 Å². The quantitative estimate of drug-likeness (QED) is 0.199. The van der Waals surface area contributed by atoms with Gasteiger partial charge in [0.05, 0.1) is 26.7 Å². The van der Waals surface area contributed by atoms with Crippen LogP contribution >= 0.6 is 0 Å². The van der Waals surface area contributed by atoms with E-state index in [-0.39, 0.29) is 13.1 Å². The maximum atomic E-state index is 13.6. The summed E-state index contributed by atoms with van der Waals surface area (Å²) in [6.07, 6.45) is 1.80. The predicted molar refractivity (Wildman–Crippen MR) is 167 cm³/mol. The Morgan fingerprint density at radius 3 is 2.44 bits per heavy atom. The number of hydrogen-bond donors (Lipinski definition) is 5. The first-order chi connectivity index (χ1) is 21.6. The molecule has 0 bridgehead atoms. The van der Waals surface area contributed by atoms with Gasteiger partial charge in [-0.3, -0.25) is 24.1 Å². The van der Waals surface area contributed by atoms with Gasteiger partial charge in [-0.15, -0.1) is 0 Å². The molecule has 1 heterocycles. The van der Waals surface area contributed by atoms with Crippen LogP contribution in [0.4, 0.5) is 10.5 Å². The Hall–Kier alpha value is -4.65. The summed E-state index contributed by atoms with van der Waals surface area (Å²) >= 11 is 0. The predicted octanol–water partition coefficient (Wildman–Crippen LogP) is 2.12. The minimum atomic E-state index is -1.45. The standard InChI is InChI=1S/C32H43N5O8/c1-21-11-12-26(45-15-13-23-8-7-14-33-18-23)16-24(21)19-34-30(41)28(36-31(42)27(17-29(39)40)35-22(2)38)20-37(32(43)44-3)25-9-5-4-6-10-25/h4-6,9-12,16,23,27-28,33H,7-8,13-15,17-20H2,1-3H3,(H,34,41)(H,35,38)(H,36,42)(H,39,40)/t23?,27-,28?/m0/s1. The number of methoxy groups -OCH3 is 1. The first kappa shape index (κ1) is 34.8. The normalized spacial score (nSPS) is 15.6. The van der Waals surface area contributed by atoms with Crippen LogP contribution in [-0.2, 0) is 30.5 Å². The van der Waals surface area contributed by atoms with E-state index in [0.717, 1.165) is 44.0 Å². The molecule has 5 N–H and O–H groups in total. The van der Waals surface area contributed by atoms with Crippen LogP contribution in [0.1, 0.15) is 43.7 Å². The van der Waals surface area contributed by atoms with Gasteiger partial charge in [0.1, 0.15) is 17.8 Å². The number of benzene rings is 2. The van der Waals surface area contributed by atoms with Crippen LogP contribution in [0.5, 0.6) is 5.75 Å². The number of para-hydroxylation sites is 1. The second-order valence-corrected chi connectivity index (χ2v) is 11.0. The van der Waals surface area contributed by atoms with Gasteiger partial charge in [0, 0.05) is 19.2 Å². The summed E-state index contributed by atoms with van der Waals surface area (Å²) in [6.45, 7) is 5.42. The van der Waals surface area contributed by atoms with E-state index in [0.29, 0.717) is 24.0 Å². The molecular formula is C32H43N5O8. The van der Waals surface area contributed by atoms with Crippen LogP contribution in [-0.4, -0.2) is 80.3 Å². The second kappa shape index (κ2) is 17.6. The van der Waals surface area contributed by atoms with Gasteiger partial charge < -0.3 is 35.8 Å². The second-order valence-electron chi connectivity index (χ2n) is 11.0. The number of carboxylic acid groups (broad SMARTS) is 1. The van der Waals surface area contributed by atoms with E-state index in [4.69, 9.17) is 9.47 Å². The summed E-state index contributed by atoms with van der Waals surface area (Å²) in [7, 11) is 1.19. The molecule has 45 heavy (non-hydrogen) atoms. The van der Waals surface area contributed by atoms with E-state index in [9.17, 15) is 29.1 Å². The van der Waals surface area contributed by atoms with Crippen molar-refractivity contribution in [2.75, 3.05) is 38.3 Å². The number of nitrogens with zero attached hydrogens (tertiary/aromatic N) is 1. The number of piperidine rings is 1. The van der Waals surface area contributed by atoms with Gasteiger partial charge in [0.15, 0.2) is 0 Å². The molecule has 1 aliphatic rings. The number of carbonyl (C=O) groups is 5. The largest absolute Gasteiger partial charge is 0.494 e. The zero-order valence-corrected chi connectivity index (χ0v) is 26.0. The van der Waals surface area contributed by atoms with Crippen LogP contribution in [0.25, 0.3) is 0 Å². The molecule has 0 aromatic heterocycles. The van der Waals surface area contributed by atoms with Gasteiger partial charge in [-0.25, -0.2) is 4.79 Å². The number of carboxylic acids is 1. The number of amides is 4. The van der Waals surface area contributed by atoms with Gasteiger partial charge >= 0.3 is 12.1 Å². The lowest BCUT2D eigenvalue weighted by Crippen LogP contribution is -2.58. The van der Waals surface area contributed by atoms with Gasteiger partial charge in [-0.2, -0.15) is 0 Å². The molecule has 1 fully saturated rings. The molecule has 3 rings (SSSR count). The lowest BCUT2D eigenvalue weighted by Gasteiger charge is -2.28. The average Bonchev–Trinajstić information content (AvgIpc) is 3.02. The molecule has 4 amide bonds. The lowest BCUT2D eigenvalue weighted by molar-refractivity contribution is -0.140. The van der Waals surface area contributed by atoms with E-state index < -0.39 is 48.3 Å². The smallest absolute Gasteiger partial charge is 0.414 e. The van der Waals surface area contributed by atoms with Gasteiger partial charge in [0.2, 0.25) is 17.7 Å². The fourth-order valence-corrected chi connectivity index (χ4v) is 5.03. The molecule has 3 atom stereocenters. The number of ether oxygens (including phenoxy) is 2. The molecule has 244 valence electrons. The highest BCUT2D eigenvalue weighted by atomic mass is 16.5.